The van der Waals surface area contributed by atoms with Crippen molar-refractivity contribution in [2.75, 3.05) is 6.54 Å². The smallest absolute Gasteiger partial charge is 0.0369 e. The zero-order valence-electron chi connectivity index (χ0n) is 10.4. The minimum atomic E-state index is 0.328. The van der Waals surface area contributed by atoms with Crippen molar-refractivity contribution in [2.24, 2.45) is 0 Å². The van der Waals surface area contributed by atoms with Crippen LogP contribution in [-0.2, 0) is 6.42 Å². The fourth-order valence-corrected chi connectivity index (χ4v) is 4.88. The third-order valence-corrected chi connectivity index (χ3v) is 5.68. The highest BCUT2D eigenvalue weighted by Crippen LogP contribution is 2.30. The molecule has 0 saturated carbocycles. The number of rotatable bonds is 5. The van der Waals surface area contributed by atoms with E-state index in [4.69, 9.17) is 0 Å². The molecule has 102 valence electrons. The molecular formula is C14H14Br3NS. The van der Waals surface area contributed by atoms with Crippen molar-refractivity contribution in [3.8, 4) is 0 Å². The van der Waals surface area contributed by atoms with Crippen molar-refractivity contribution in [1.29, 1.82) is 0 Å². The Balaban J connectivity index is 2.26. The van der Waals surface area contributed by atoms with Crippen molar-refractivity contribution in [3.05, 3.63) is 53.5 Å². The van der Waals surface area contributed by atoms with Crippen LogP contribution in [0.4, 0.5) is 0 Å². The molecule has 0 fully saturated rings. The van der Waals surface area contributed by atoms with Crippen LogP contribution in [0.1, 0.15) is 23.4 Å². The summed E-state index contributed by atoms with van der Waals surface area (Å²) in [6.45, 7) is 3.10. The Hall–Kier alpha value is 0.320. The lowest BCUT2D eigenvalue weighted by molar-refractivity contribution is 0.552. The van der Waals surface area contributed by atoms with E-state index in [-0.39, 0.29) is 0 Å². The molecule has 1 atom stereocenters. The monoisotopic (exact) mass is 465 g/mol. The van der Waals surface area contributed by atoms with Crippen molar-refractivity contribution in [2.45, 2.75) is 19.4 Å². The van der Waals surface area contributed by atoms with Crippen LogP contribution in [0, 0.1) is 0 Å². The van der Waals surface area contributed by atoms with Gasteiger partial charge in [0, 0.05) is 30.8 Å². The molecule has 0 saturated heterocycles. The number of nitrogens with one attached hydrogen (secondary N) is 1. The minimum Gasteiger partial charge on any atom is -0.310 e. The van der Waals surface area contributed by atoms with Crippen LogP contribution in [-0.4, -0.2) is 6.54 Å². The number of benzene rings is 1. The molecule has 0 bridgehead atoms. The van der Waals surface area contributed by atoms with Crippen LogP contribution in [0.15, 0.2) is 43.1 Å². The summed E-state index contributed by atoms with van der Waals surface area (Å²) >= 11 is 12.5. The fourth-order valence-electron chi connectivity index (χ4n) is 1.99. The minimum absolute atomic E-state index is 0.328. The van der Waals surface area contributed by atoms with E-state index in [2.05, 4.69) is 89.7 Å². The Morgan fingerprint density at radius 3 is 2.37 bits per heavy atom. The normalized spacial score (nSPS) is 12.6. The predicted molar refractivity (Wildman–Crippen MR) is 94.0 cm³/mol. The highest BCUT2D eigenvalue weighted by Gasteiger charge is 2.14. The highest BCUT2D eigenvalue weighted by molar-refractivity contribution is 9.11. The molecular weight excluding hydrogens is 454 g/mol. The summed E-state index contributed by atoms with van der Waals surface area (Å²) in [5, 5.41) is 5.69. The van der Waals surface area contributed by atoms with E-state index in [9.17, 15) is 0 Å². The Morgan fingerprint density at radius 1 is 1.16 bits per heavy atom. The standard InChI is InChI=1S/C14H14Br3NS/c1-2-18-13(8-14-12(17)3-4-19-14)9-5-10(15)7-11(16)6-9/h3-7,13,18H,2,8H2,1H3. The molecule has 0 aliphatic carbocycles. The molecule has 1 unspecified atom stereocenters. The van der Waals surface area contributed by atoms with E-state index in [0.29, 0.717) is 6.04 Å². The Morgan fingerprint density at radius 2 is 1.84 bits per heavy atom. The topological polar surface area (TPSA) is 12.0 Å². The highest BCUT2D eigenvalue weighted by atomic mass is 79.9. The molecule has 1 aromatic heterocycles. The van der Waals surface area contributed by atoms with Crippen molar-refractivity contribution in [1.82, 2.24) is 5.32 Å². The molecule has 19 heavy (non-hydrogen) atoms. The summed E-state index contributed by atoms with van der Waals surface area (Å²) in [4.78, 5) is 1.38. The Bertz CT molecular complexity index is 533. The van der Waals surface area contributed by atoms with E-state index < -0.39 is 0 Å². The first kappa shape index (κ1) is 15.7. The third kappa shape index (κ3) is 4.39. The molecule has 1 N–H and O–H groups in total. The van der Waals surface area contributed by atoms with Crippen LogP contribution >= 0.6 is 59.1 Å². The maximum atomic E-state index is 3.61. The van der Waals surface area contributed by atoms with E-state index in [1.54, 1.807) is 11.3 Å². The van der Waals surface area contributed by atoms with Gasteiger partial charge in [-0.05, 0) is 57.7 Å². The quantitative estimate of drug-likeness (QED) is 0.574. The number of hydrogen-bond donors (Lipinski definition) is 1. The number of halogens is 3. The third-order valence-electron chi connectivity index (χ3n) is 2.82. The van der Waals surface area contributed by atoms with Gasteiger partial charge < -0.3 is 5.32 Å². The van der Waals surface area contributed by atoms with Gasteiger partial charge in [-0.15, -0.1) is 11.3 Å². The van der Waals surface area contributed by atoms with Gasteiger partial charge >= 0.3 is 0 Å². The lowest BCUT2D eigenvalue weighted by Crippen LogP contribution is -2.22. The average molecular weight is 468 g/mol. The van der Waals surface area contributed by atoms with Gasteiger partial charge in [0.25, 0.3) is 0 Å². The molecule has 5 heteroatoms. The van der Waals surface area contributed by atoms with E-state index in [1.165, 1.54) is 14.9 Å². The summed E-state index contributed by atoms with van der Waals surface area (Å²) in [5.41, 5.74) is 1.29. The van der Waals surface area contributed by atoms with Crippen molar-refractivity contribution in [3.63, 3.8) is 0 Å². The van der Waals surface area contributed by atoms with E-state index in [0.717, 1.165) is 21.9 Å². The van der Waals surface area contributed by atoms with Crippen LogP contribution in [0.3, 0.4) is 0 Å². The molecule has 0 spiro atoms. The predicted octanol–water partition coefficient (Wildman–Crippen LogP) is 5.93. The van der Waals surface area contributed by atoms with Crippen LogP contribution < -0.4 is 5.32 Å². The molecule has 0 radical (unpaired) electrons. The fraction of sp³-hybridized carbons (Fsp3) is 0.286. The first-order valence-electron chi connectivity index (χ1n) is 6.01. The number of hydrogen-bond acceptors (Lipinski definition) is 2. The van der Waals surface area contributed by atoms with Crippen LogP contribution in [0.25, 0.3) is 0 Å². The summed E-state index contributed by atoms with van der Waals surface area (Å²) in [7, 11) is 0. The molecule has 2 aromatic rings. The number of thiophene rings is 1. The summed E-state index contributed by atoms with van der Waals surface area (Å²) in [6, 6.07) is 8.86. The lowest BCUT2D eigenvalue weighted by atomic mass is 10.0. The first-order chi connectivity index (χ1) is 9.10. The molecule has 0 aliphatic rings. The van der Waals surface area contributed by atoms with Gasteiger partial charge in [-0.2, -0.15) is 0 Å². The second-order valence-corrected chi connectivity index (χ2v) is 7.90. The summed E-state index contributed by atoms with van der Waals surface area (Å²) in [6.07, 6.45) is 0.995. The van der Waals surface area contributed by atoms with Gasteiger partial charge in [-0.1, -0.05) is 38.8 Å². The molecule has 0 amide bonds. The summed E-state index contributed by atoms with van der Waals surface area (Å²) in [5.74, 6) is 0. The summed E-state index contributed by atoms with van der Waals surface area (Å²) < 4.78 is 3.41. The Kier molecular flexibility index (Phi) is 6.09. The largest absolute Gasteiger partial charge is 0.310 e. The van der Waals surface area contributed by atoms with Crippen molar-refractivity contribution < 1.29 is 0 Å². The molecule has 1 aromatic carbocycles. The Labute approximate surface area is 143 Å². The van der Waals surface area contributed by atoms with Gasteiger partial charge in [0.1, 0.15) is 0 Å². The molecule has 2 rings (SSSR count). The van der Waals surface area contributed by atoms with Crippen molar-refractivity contribution >= 4 is 59.1 Å². The van der Waals surface area contributed by atoms with Gasteiger partial charge in [-0.25, -0.2) is 0 Å². The molecule has 0 aliphatic heterocycles. The second-order valence-electron chi connectivity index (χ2n) is 4.21. The second kappa shape index (κ2) is 7.36. The van der Waals surface area contributed by atoms with Crippen LogP contribution in [0.5, 0.6) is 0 Å². The maximum absolute atomic E-state index is 3.61. The number of likely N-dealkylation sites (N-methyl/N-ethyl adjacent to an activating group) is 1. The van der Waals surface area contributed by atoms with Gasteiger partial charge in [0.2, 0.25) is 0 Å². The molecule has 1 nitrogen and oxygen atoms in total. The van der Waals surface area contributed by atoms with Gasteiger partial charge in [0.05, 0.1) is 0 Å². The zero-order chi connectivity index (χ0) is 13.8. The maximum Gasteiger partial charge on any atom is 0.0369 e. The lowest BCUT2D eigenvalue weighted by Gasteiger charge is -2.19. The van der Waals surface area contributed by atoms with E-state index in [1.807, 2.05) is 0 Å². The zero-order valence-corrected chi connectivity index (χ0v) is 16.0. The van der Waals surface area contributed by atoms with Crippen LogP contribution in [0.2, 0.25) is 0 Å². The molecule has 1 heterocycles. The average Bonchev–Trinajstić information content (AvgIpc) is 2.73. The van der Waals surface area contributed by atoms with E-state index >= 15 is 0 Å². The van der Waals surface area contributed by atoms with Gasteiger partial charge in [0.15, 0.2) is 0 Å². The van der Waals surface area contributed by atoms with Gasteiger partial charge in [-0.3, -0.25) is 0 Å². The first-order valence-corrected chi connectivity index (χ1v) is 9.27. The SMILES string of the molecule is CCNC(Cc1sccc1Br)c1cc(Br)cc(Br)c1.